The van der Waals surface area contributed by atoms with E-state index in [0.717, 1.165) is 0 Å². The third-order valence-corrected chi connectivity index (χ3v) is 2.69. The lowest BCUT2D eigenvalue weighted by Gasteiger charge is -2.18. The Morgan fingerprint density at radius 1 is 1.47 bits per heavy atom. The average molecular weight is 281 g/mol. The molecule has 0 unspecified atom stereocenters. The van der Waals surface area contributed by atoms with Gasteiger partial charge in [0, 0.05) is 11.9 Å². The van der Waals surface area contributed by atoms with Crippen LogP contribution in [0.2, 0.25) is 0 Å². The van der Waals surface area contributed by atoms with E-state index in [-0.39, 0.29) is 5.69 Å². The van der Waals surface area contributed by atoms with Crippen LogP contribution in [0.4, 0.5) is 16.3 Å². The molecule has 1 aromatic carbocycles. The first kappa shape index (κ1) is 13.2. The number of fused-ring (bicyclic) bond motifs is 1. The van der Waals surface area contributed by atoms with Crippen LogP contribution in [0.1, 0.15) is 6.92 Å². The van der Waals surface area contributed by atoms with Gasteiger partial charge in [0.15, 0.2) is 0 Å². The largest absolute Gasteiger partial charge is 0.433 e. The van der Waals surface area contributed by atoms with Crippen LogP contribution < -0.4 is 4.90 Å². The number of carbonyl (C=O) groups excluding carboxylic acids is 1. The van der Waals surface area contributed by atoms with Crippen molar-refractivity contribution in [2.24, 2.45) is 5.18 Å². The predicted octanol–water partition coefficient (Wildman–Crippen LogP) is 3.14. The molecule has 1 aromatic heterocycles. The standard InChI is InChI=1S/C11H9ClN4O3/c1-2-16(11(17)19-12)10-8-4-3-7(15-18)5-9(8)13-6-14-10/h3-6H,2H2,1H3. The summed E-state index contributed by atoms with van der Waals surface area (Å²) in [7, 11) is 0. The first-order valence-electron chi connectivity index (χ1n) is 5.39. The van der Waals surface area contributed by atoms with Crippen molar-refractivity contribution in [2.75, 3.05) is 11.4 Å². The van der Waals surface area contributed by atoms with Gasteiger partial charge < -0.3 is 4.29 Å². The smallest absolute Gasteiger partial charge is 0.330 e. The first-order valence-corrected chi connectivity index (χ1v) is 5.70. The molecule has 2 aromatic rings. The highest BCUT2D eigenvalue weighted by Crippen LogP contribution is 2.26. The molecule has 0 saturated carbocycles. The molecule has 0 N–H and O–H groups in total. The van der Waals surface area contributed by atoms with Gasteiger partial charge in [0.05, 0.1) is 5.52 Å². The summed E-state index contributed by atoms with van der Waals surface area (Å²) in [4.78, 5) is 31.4. The number of halogens is 1. The lowest BCUT2D eigenvalue weighted by molar-refractivity contribution is 0.212. The topological polar surface area (TPSA) is 84.8 Å². The molecule has 0 radical (unpaired) electrons. The minimum absolute atomic E-state index is 0.250. The predicted molar refractivity (Wildman–Crippen MR) is 70.3 cm³/mol. The van der Waals surface area contributed by atoms with Crippen molar-refractivity contribution < 1.29 is 9.08 Å². The van der Waals surface area contributed by atoms with E-state index in [1.165, 1.54) is 23.4 Å². The second-order valence-corrected chi connectivity index (χ2v) is 3.73. The summed E-state index contributed by atoms with van der Waals surface area (Å²) >= 11 is 5.08. The Balaban J connectivity index is 2.60. The highest BCUT2D eigenvalue weighted by molar-refractivity contribution is 6.15. The Bertz CT molecular complexity index is 634. The summed E-state index contributed by atoms with van der Waals surface area (Å²) in [6, 6.07) is 4.64. The summed E-state index contributed by atoms with van der Waals surface area (Å²) in [5.74, 6) is 0.357. The van der Waals surface area contributed by atoms with E-state index in [1.807, 2.05) is 0 Å². The van der Waals surface area contributed by atoms with Crippen molar-refractivity contribution in [3.63, 3.8) is 0 Å². The minimum Gasteiger partial charge on any atom is -0.330 e. The minimum atomic E-state index is -0.734. The molecule has 7 nitrogen and oxygen atoms in total. The quantitative estimate of drug-likeness (QED) is 0.806. The van der Waals surface area contributed by atoms with Gasteiger partial charge in [0.2, 0.25) is 0 Å². The van der Waals surface area contributed by atoms with Crippen molar-refractivity contribution in [3.05, 3.63) is 29.4 Å². The number of hydrogen-bond acceptors (Lipinski definition) is 6. The molecule has 8 heteroatoms. The van der Waals surface area contributed by atoms with E-state index in [2.05, 4.69) is 19.4 Å². The van der Waals surface area contributed by atoms with Gasteiger partial charge in [-0.1, -0.05) is 0 Å². The third-order valence-electron chi connectivity index (χ3n) is 2.56. The van der Waals surface area contributed by atoms with E-state index in [0.29, 0.717) is 23.3 Å². The van der Waals surface area contributed by atoms with Gasteiger partial charge in [-0.3, -0.25) is 4.90 Å². The normalized spacial score (nSPS) is 10.2. The van der Waals surface area contributed by atoms with Crippen molar-refractivity contribution in [3.8, 4) is 0 Å². The Labute approximate surface area is 113 Å². The van der Waals surface area contributed by atoms with Gasteiger partial charge in [-0.2, -0.15) is 0 Å². The Morgan fingerprint density at radius 3 is 2.89 bits per heavy atom. The van der Waals surface area contributed by atoms with Crippen molar-refractivity contribution in [2.45, 2.75) is 6.92 Å². The maximum Gasteiger partial charge on any atom is 0.433 e. The summed E-state index contributed by atoms with van der Waals surface area (Å²) in [6.45, 7) is 2.08. The van der Waals surface area contributed by atoms with Crippen molar-refractivity contribution >= 4 is 40.4 Å². The number of rotatable bonds is 3. The molecule has 1 heterocycles. The summed E-state index contributed by atoms with van der Waals surface area (Å²) in [5.41, 5.74) is 0.753. The molecule has 0 aliphatic carbocycles. The number of carbonyl (C=O) groups is 1. The Hall–Kier alpha value is -2.28. The second-order valence-electron chi connectivity index (χ2n) is 3.58. The lowest BCUT2D eigenvalue weighted by atomic mass is 10.2. The van der Waals surface area contributed by atoms with Crippen LogP contribution in [0.3, 0.4) is 0 Å². The van der Waals surface area contributed by atoms with Crippen LogP contribution in [0.15, 0.2) is 29.7 Å². The summed E-state index contributed by atoms with van der Waals surface area (Å²) in [6.07, 6.45) is 0.554. The molecular formula is C11H9ClN4O3. The average Bonchev–Trinajstić information content (AvgIpc) is 2.47. The fourth-order valence-corrected chi connectivity index (χ4v) is 1.79. The van der Waals surface area contributed by atoms with Crippen LogP contribution in [0, 0.1) is 4.91 Å². The number of aromatic nitrogens is 2. The van der Waals surface area contributed by atoms with Crippen molar-refractivity contribution in [1.29, 1.82) is 0 Å². The molecule has 0 fully saturated rings. The second kappa shape index (κ2) is 5.57. The van der Waals surface area contributed by atoms with Crippen molar-refractivity contribution in [1.82, 2.24) is 9.97 Å². The van der Waals surface area contributed by atoms with E-state index in [9.17, 15) is 9.70 Å². The highest BCUT2D eigenvalue weighted by Gasteiger charge is 2.19. The molecule has 98 valence electrons. The van der Waals surface area contributed by atoms with Crippen LogP contribution in [0.25, 0.3) is 10.9 Å². The van der Waals surface area contributed by atoms with E-state index >= 15 is 0 Å². The maximum absolute atomic E-state index is 11.6. The summed E-state index contributed by atoms with van der Waals surface area (Å²) in [5, 5.41) is 3.43. The number of hydrogen-bond donors (Lipinski definition) is 0. The number of nitroso groups, excluding NO2 is 1. The summed E-state index contributed by atoms with van der Waals surface area (Å²) < 4.78 is 4.18. The molecule has 1 amide bonds. The number of amides is 1. The third kappa shape index (κ3) is 2.45. The molecule has 0 saturated heterocycles. The van der Waals surface area contributed by atoms with Crippen LogP contribution in [-0.4, -0.2) is 22.6 Å². The van der Waals surface area contributed by atoms with Gasteiger partial charge in [-0.15, -0.1) is 4.91 Å². The molecule has 0 aliphatic rings. The molecule has 0 atom stereocenters. The van der Waals surface area contributed by atoms with Gasteiger partial charge in [0.25, 0.3) is 0 Å². The molecule has 0 aliphatic heterocycles. The van der Waals surface area contributed by atoms with Gasteiger partial charge >= 0.3 is 6.09 Å². The monoisotopic (exact) mass is 280 g/mol. The zero-order valence-electron chi connectivity index (χ0n) is 9.91. The van der Waals surface area contributed by atoms with Crippen LogP contribution in [-0.2, 0) is 4.29 Å². The Morgan fingerprint density at radius 2 is 2.26 bits per heavy atom. The molecular weight excluding hydrogens is 272 g/mol. The molecule has 2 rings (SSSR count). The fourth-order valence-electron chi connectivity index (χ4n) is 1.71. The lowest BCUT2D eigenvalue weighted by Crippen LogP contribution is -2.30. The van der Waals surface area contributed by atoms with Crippen LogP contribution >= 0.6 is 11.9 Å². The number of benzene rings is 1. The van der Waals surface area contributed by atoms with E-state index < -0.39 is 6.09 Å². The maximum atomic E-state index is 11.6. The Kier molecular flexibility index (Phi) is 3.86. The number of anilines is 1. The molecule has 19 heavy (non-hydrogen) atoms. The number of nitrogens with zero attached hydrogens (tertiary/aromatic N) is 4. The molecule has 0 spiro atoms. The fraction of sp³-hybridized carbons (Fsp3) is 0.182. The zero-order chi connectivity index (χ0) is 13.8. The zero-order valence-corrected chi connectivity index (χ0v) is 10.7. The van der Waals surface area contributed by atoms with Gasteiger partial charge in [-0.25, -0.2) is 14.8 Å². The van der Waals surface area contributed by atoms with Crippen LogP contribution in [0.5, 0.6) is 0 Å². The molecule has 0 bridgehead atoms. The highest BCUT2D eigenvalue weighted by atomic mass is 35.5. The van der Waals surface area contributed by atoms with E-state index in [1.54, 1.807) is 13.0 Å². The first-order chi connectivity index (χ1) is 9.21. The van der Waals surface area contributed by atoms with Gasteiger partial charge in [-0.05, 0) is 30.3 Å². The van der Waals surface area contributed by atoms with E-state index in [4.69, 9.17) is 11.9 Å². The SMILES string of the molecule is CCN(C(=O)OCl)c1ncnc2cc(N=O)ccc12. The van der Waals surface area contributed by atoms with Gasteiger partial charge in [0.1, 0.15) is 29.7 Å².